The van der Waals surface area contributed by atoms with Crippen LogP contribution >= 0.6 is 11.8 Å². The van der Waals surface area contributed by atoms with Crippen molar-refractivity contribution >= 4 is 22.8 Å². The Kier molecular flexibility index (Phi) is 4.66. The van der Waals surface area contributed by atoms with E-state index in [2.05, 4.69) is 0 Å². The molecule has 1 unspecified atom stereocenters. The first kappa shape index (κ1) is 16.6. The molecule has 1 atom stereocenters. The van der Waals surface area contributed by atoms with Crippen molar-refractivity contribution in [3.8, 4) is 0 Å². The summed E-state index contributed by atoms with van der Waals surface area (Å²) >= 11 is 1.19. The maximum atomic E-state index is 11.8. The van der Waals surface area contributed by atoms with E-state index in [0.717, 1.165) is 5.56 Å². The van der Waals surface area contributed by atoms with Crippen LogP contribution in [0.2, 0.25) is 0 Å². The zero-order valence-electron chi connectivity index (χ0n) is 13.2. The van der Waals surface area contributed by atoms with Crippen molar-refractivity contribution in [2.24, 2.45) is 0 Å². The molecule has 118 valence electrons. The minimum absolute atomic E-state index is 0.0782. The Morgan fingerprint density at radius 3 is 2.45 bits per heavy atom. The van der Waals surface area contributed by atoms with Crippen LogP contribution < -0.4 is 0 Å². The van der Waals surface area contributed by atoms with E-state index in [0.29, 0.717) is 5.76 Å². The third kappa shape index (κ3) is 3.91. The normalized spacial score (nSPS) is 21.5. The van der Waals surface area contributed by atoms with Crippen molar-refractivity contribution in [3.05, 3.63) is 47.7 Å². The van der Waals surface area contributed by atoms with Crippen molar-refractivity contribution in [3.63, 3.8) is 0 Å². The minimum atomic E-state index is -0.611. The van der Waals surface area contributed by atoms with Crippen LogP contribution in [0.5, 0.6) is 0 Å². The van der Waals surface area contributed by atoms with Gasteiger partial charge in [-0.1, -0.05) is 42.1 Å². The summed E-state index contributed by atoms with van der Waals surface area (Å²) in [6.45, 7) is 7.10. The Bertz CT molecular complexity index is 601. The molecule has 22 heavy (non-hydrogen) atoms. The molecular formula is C17H20O4S. The summed E-state index contributed by atoms with van der Waals surface area (Å²) in [5.74, 6) is 0.0349. The number of ether oxygens (including phenoxy) is 2. The molecule has 1 aliphatic rings. The standard InChI is InChI=1S/C17H20O4S/c1-16(2,3)21-14(18)11-20-13-10-15(19)22-17(13,4)12-8-6-5-7-9-12/h5-10H,11H2,1-4H3. The van der Waals surface area contributed by atoms with Crippen LogP contribution in [-0.4, -0.2) is 23.3 Å². The summed E-state index contributed by atoms with van der Waals surface area (Å²) in [5.41, 5.74) is 0.402. The molecule has 0 N–H and O–H groups in total. The third-order valence-corrected chi connectivity index (χ3v) is 4.28. The van der Waals surface area contributed by atoms with Crippen molar-refractivity contribution in [2.75, 3.05) is 6.61 Å². The van der Waals surface area contributed by atoms with Gasteiger partial charge in [0.15, 0.2) is 6.61 Å². The fraction of sp³-hybridized carbons (Fsp3) is 0.412. The van der Waals surface area contributed by atoms with E-state index in [1.807, 2.05) is 37.3 Å². The van der Waals surface area contributed by atoms with Gasteiger partial charge in [-0.3, -0.25) is 4.79 Å². The highest BCUT2D eigenvalue weighted by atomic mass is 32.2. The maximum absolute atomic E-state index is 11.8. The molecule has 5 heteroatoms. The molecule has 0 saturated heterocycles. The molecule has 1 aromatic carbocycles. The Labute approximate surface area is 134 Å². The molecule has 1 aliphatic heterocycles. The Morgan fingerprint density at radius 2 is 1.86 bits per heavy atom. The van der Waals surface area contributed by atoms with E-state index in [1.165, 1.54) is 17.8 Å². The SMILES string of the molecule is CC(C)(C)OC(=O)COC1=CC(=O)SC1(C)c1ccccc1. The molecule has 1 heterocycles. The van der Waals surface area contributed by atoms with Crippen LogP contribution in [0.3, 0.4) is 0 Å². The van der Waals surface area contributed by atoms with Gasteiger partial charge in [0.2, 0.25) is 5.12 Å². The molecule has 0 spiro atoms. The Balaban J connectivity index is 2.10. The second-order valence-corrected chi connectivity index (χ2v) is 7.63. The van der Waals surface area contributed by atoms with E-state index < -0.39 is 16.3 Å². The average molecular weight is 320 g/mol. The molecule has 0 aliphatic carbocycles. The fourth-order valence-corrected chi connectivity index (χ4v) is 3.21. The first-order valence-electron chi connectivity index (χ1n) is 7.06. The van der Waals surface area contributed by atoms with Gasteiger partial charge in [-0.05, 0) is 33.3 Å². The van der Waals surface area contributed by atoms with E-state index in [9.17, 15) is 9.59 Å². The highest BCUT2D eigenvalue weighted by molar-refractivity contribution is 8.15. The van der Waals surface area contributed by atoms with Gasteiger partial charge >= 0.3 is 5.97 Å². The molecule has 2 rings (SSSR count). The summed E-state index contributed by atoms with van der Waals surface area (Å²) in [7, 11) is 0. The van der Waals surface area contributed by atoms with Crippen LogP contribution in [0, 0.1) is 0 Å². The summed E-state index contributed by atoms with van der Waals surface area (Å²) in [6.07, 6.45) is 1.45. The van der Waals surface area contributed by atoms with Crippen molar-refractivity contribution in [1.29, 1.82) is 0 Å². The van der Waals surface area contributed by atoms with Crippen molar-refractivity contribution in [1.82, 2.24) is 0 Å². The predicted octanol–water partition coefficient (Wildman–Crippen LogP) is 3.42. The smallest absolute Gasteiger partial charge is 0.344 e. The lowest BCUT2D eigenvalue weighted by molar-refractivity contribution is -0.159. The van der Waals surface area contributed by atoms with Gasteiger partial charge in [-0.2, -0.15) is 0 Å². The molecular weight excluding hydrogens is 300 g/mol. The van der Waals surface area contributed by atoms with E-state index in [1.54, 1.807) is 20.8 Å². The molecule has 0 amide bonds. The predicted molar refractivity (Wildman–Crippen MR) is 86.3 cm³/mol. The number of hydrogen-bond donors (Lipinski definition) is 0. The largest absolute Gasteiger partial charge is 0.484 e. The van der Waals surface area contributed by atoms with E-state index in [-0.39, 0.29) is 11.7 Å². The maximum Gasteiger partial charge on any atom is 0.344 e. The average Bonchev–Trinajstić information content (AvgIpc) is 2.71. The summed E-state index contributed by atoms with van der Waals surface area (Å²) in [4.78, 5) is 23.6. The fourth-order valence-electron chi connectivity index (χ4n) is 2.17. The number of hydrogen-bond acceptors (Lipinski definition) is 5. The van der Waals surface area contributed by atoms with Crippen molar-refractivity contribution < 1.29 is 19.1 Å². The quantitative estimate of drug-likeness (QED) is 0.796. The second-order valence-electron chi connectivity index (χ2n) is 6.20. The lowest BCUT2D eigenvalue weighted by Crippen LogP contribution is -2.28. The lowest BCUT2D eigenvalue weighted by atomic mass is 9.98. The van der Waals surface area contributed by atoms with Gasteiger partial charge in [0.25, 0.3) is 0 Å². The van der Waals surface area contributed by atoms with Gasteiger partial charge in [0.05, 0.1) is 0 Å². The Hall–Kier alpha value is -1.75. The van der Waals surface area contributed by atoms with Gasteiger partial charge in [0, 0.05) is 6.08 Å². The highest BCUT2D eigenvalue weighted by Crippen LogP contribution is 2.48. The number of benzene rings is 1. The first-order valence-corrected chi connectivity index (χ1v) is 7.88. The summed E-state index contributed by atoms with van der Waals surface area (Å²) < 4.78 is 10.2. The molecule has 0 saturated carbocycles. The first-order chi connectivity index (χ1) is 10.2. The number of carbonyl (C=O) groups excluding carboxylic acids is 2. The number of thioether (sulfide) groups is 1. The molecule has 1 aromatic rings. The van der Waals surface area contributed by atoms with Crippen LogP contribution in [0.15, 0.2) is 42.2 Å². The van der Waals surface area contributed by atoms with Gasteiger partial charge in [0.1, 0.15) is 16.1 Å². The van der Waals surface area contributed by atoms with Gasteiger partial charge < -0.3 is 9.47 Å². The zero-order valence-corrected chi connectivity index (χ0v) is 14.0. The van der Waals surface area contributed by atoms with E-state index in [4.69, 9.17) is 9.47 Å². The van der Waals surface area contributed by atoms with E-state index >= 15 is 0 Å². The van der Waals surface area contributed by atoms with Gasteiger partial charge in [-0.25, -0.2) is 4.79 Å². The van der Waals surface area contributed by atoms with Gasteiger partial charge in [-0.15, -0.1) is 0 Å². The molecule has 0 radical (unpaired) electrons. The Morgan fingerprint density at radius 1 is 1.23 bits per heavy atom. The third-order valence-electron chi connectivity index (χ3n) is 3.11. The topological polar surface area (TPSA) is 52.6 Å². The zero-order chi connectivity index (χ0) is 16.4. The van der Waals surface area contributed by atoms with Crippen LogP contribution in [0.4, 0.5) is 0 Å². The number of rotatable bonds is 4. The molecule has 0 fully saturated rings. The second kappa shape index (κ2) is 6.16. The minimum Gasteiger partial charge on any atom is -0.484 e. The number of esters is 1. The van der Waals surface area contributed by atoms with Crippen molar-refractivity contribution in [2.45, 2.75) is 38.0 Å². The van der Waals surface area contributed by atoms with Crippen LogP contribution in [0.1, 0.15) is 33.3 Å². The molecule has 4 nitrogen and oxygen atoms in total. The highest BCUT2D eigenvalue weighted by Gasteiger charge is 2.41. The number of carbonyl (C=O) groups is 2. The lowest BCUT2D eigenvalue weighted by Gasteiger charge is -2.27. The van der Waals surface area contributed by atoms with Crippen LogP contribution in [0.25, 0.3) is 0 Å². The molecule has 0 aromatic heterocycles. The van der Waals surface area contributed by atoms with Crippen LogP contribution in [-0.2, 0) is 23.8 Å². The summed E-state index contributed by atoms with van der Waals surface area (Å²) in [6, 6.07) is 9.62. The monoisotopic (exact) mass is 320 g/mol. The summed E-state index contributed by atoms with van der Waals surface area (Å²) in [5, 5.41) is -0.0782. The molecule has 0 bridgehead atoms.